The maximum Gasteiger partial charge on any atom is 0.416 e. The normalized spacial score (nSPS) is 12.2. The Morgan fingerprint density at radius 2 is 1.80 bits per heavy atom. The van der Waals surface area contributed by atoms with Crippen molar-refractivity contribution in [2.24, 2.45) is 0 Å². The molecule has 0 aliphatic heterocycles. The molecule has 20 heavy (non-hydrogen) atoms. The average Bonchev–Trinajstić information content (AvgIpc) is 2.41. The van der Waals surface area contributed by atoms with E-state index in [0.29, 0.717) is 17.1 Å². The topological polar surface area (TPSA) is 0 Å². The van der Waals surface area contributed by atoms with Crippen molar-refractivity contribution in [2.45, 2.75) is 37.9 Å². The van der Waals surface area contributed by atoms with Gasteiger partial charge in [0.15, 0.2) is 0 Å². The molecular formula is C15H18ClF3Si. The maximum absolute atomic E-state index is 12.8. The summed E-state index contributed by atoms with van der Waals surface area (Å²) in [6.07, 6.45) is 3.97. The second-order valence-corrected chi connectivity index (χ2v) is 6.11. The first-order valence-corrected chi connectivity index (χ1v) is 8.41. The summed E-state index contributed by atoms with van der Waals surface area (Å²) in [6, 6.07) is 6.48. The lowest BCUT2D eigenvalue weighted by atomic mass is 10.2. The Morgan fingerprint density at radius 3 is 2.50 bits per heavy atom. The molecule has 0 aromatic heterocycles. The van der Waals surface area contributed by atoms with Gasteiger partial charge < -0.3 is 0 Å². The standard InChI is InChI=1S/C15H18ClF3Si/c16-11-7-3-1-2-4-8-12-20-14-10-6-5-9-13(14)15(17,18)19/h4-6,8-10H,1-3,7,11-12H2. The zero-order valence-corrected chi connectivity index (χ0v) is 13.0. The number of allylic oxidation sites excluding steroid dienone is 2. The zero-order chi connectivity index (χ0) is 14.8. The molecule has 1 aromatic carbocycles. The third-order valence-electron chi connectivity index (χ3n) is 2.81. The van der Waals surface area contributed by atoms with Gasteiger partial charge in [0.25, 0.3) is 0 Å². The molecule has 1 aromatic rings. The van der Waals surface area contributed by atoms with Crippen LogP contribution in [0.3, 0.4) is 0 Å². The number of unbranched alkanes of at least 4 members (excludes halogenated alkanes) is 3. The minimum Gasteiger partial charge on any atom is -0.166 e. The van der Waals surface area contributed by atoms with Gasteiger partial charge >= 0.3 is 6.18 Å². The molecule has 0 nitrogen and oxygen atoms in total. The highest BCUT2D eigenvalue weighted by Crippen LogP contribution is 2.27. The lowest BCUT2D eigenvalue weighted by molar-refractivity contribution is -0.136. The van der Waals surface area contributed by atoms with E-state index in [4.69, 9.17) is 11.6 Å². The van der Waals surface area contributed by atoms with Crippen molar-refractivity contribution in [3.63, 3.8) is 0 Å². The first-order chi connectivity index (χ1) is 9.55. The van der Waals surface area contributed by atoms with Crippen molar-refractivity contribution in [3.8, 4) is 0 Å². The number of halogens is 4. The van der Waals surface area contributed by atoms with E-state index >= 15 is 0 Å². The Balaban J connectivity index is 2.37. The maximum atomic E-state index is 12.8. The van der Waals surface area contributed by atoms with Gasteiger partial charge in [0.1, 0.15) is 0 Å². The molecule has 0 saturated heterocycles. The third kappa shape index (κ3) is 6.62. The lowest BCUT2D eigenvalue weighted by Gasteiger charge is -2.11. The van der Waals surface area contributed by atoms with Gasteiger partial charge in [0.2, 0.25) is 0 Å². The van der Waals surface area contributed by atoms with Crippen LogP contribution in [0.2, 0.25) is 6.04 Å². The summed E-state index contributed by atoms with van der Waals surface area (Å²) in [5.41, 5.74) is -0.506. The molecule has 0 unspecified atom stereocenters. The highest BCUT2D eigenvalue weighted by atomic mass is 35.5. The average molecular weight is 319 g/mol. The lowest BCUT2D eigenvalue weighted by Crippen LogP contribution is -2.24. The summed E-state index contributed by atoms with van der Waals surface area (Å²) in [4.78, 5) is 0. The van der Waals surface area contributed by atoms with Crippen molar-refractivity contribution in [2.75, 3.05) is 5.88 Å². The fourth-order valence-corrected chi connectivity index (χ4v) is 3.11. The van der Waals surface area contributed by atoms with E-state index in [2.05, 4.69) is 6.08 Å². The summed E-state index contributed by atoms with van der Waals surface area (Å²) in [5.74, 6) is 0.694. The van der Waals surface area contributed by atoms with Crippen molar-refractivity contribution in [1.82, 2.24) is 0 Å². The molecule has 0 amide bonds. The minimum atomic E-state index is -4.26. The second-order valence-electron chi connectivity index (χ2n) is 4.43. The molecule has 1 rings (SSSR count). The van der Waals surface area contributed by atoms with Crippen molar-refractivity contribution in [3.05, 3.63) is 42.0 Å². The van der Waals surface area contributed by atoms with Gasteiger partial charge in [-0.2, -0.15) is 13.2 Å². The highest BCUT2D eigenvalue weighted by molar-refractivity contribution is 6.54. The van der Waals surface area contributed by atoms with E-state index in [1.807, 2.05) is 6.08 Å². The SMILES string of the molecule is FC(F)(F)c1ccccc1[Si]CC=CCCCCCCl. The fraction of sp³-hybridized carbons (Fsp3) is 0.467. The number of hydrogen-bond donors (Lipinski definition) is 0. The molecular weight excluding hydrogens is 301 g/mol. The highest BCUT2D eigenvalue weighted by Gasteiger charge is 2.32. The summed E-state index contributed by atoms with van der Waals surface area (Å²) in [7, 11) is 0.161. The first-order valence-electron chi connectivity index (χ1n) is 6.66. The van der Waals surface area contributed by atoms with Crippen LogP contribution in [0.15, 0.2) is 36.4 Å². The van der Waals surface area contributed by atoms with Crippen LogP contribution in [0, 0.1) is 0 Å². The van der Waals surface area contributed by atoms with Crippen LogP contribution in [0.1, 0.15) is 31.2 Å². The van der Waals surface area contributed by atoms with Crippen molar-refractivity contribution >= 4 is 26.3 Å². The summed E-state index contributed by atoms with van der Waals surface area (Å²) in [6.45, 7) is 0. The van der Waals surface area contributed by atoms with Crippen LogP contribution in [0.4, 0.5) is 13.2 Å². The van der Waals surface area contributed by atoms with E-state index in [0.717, 1.165) is 31.7 Å². The van der Waals surface area contributed by atoms with E-state index in [-0.39, 0.29) is 9.52 Å². The van der Waals surface area contributed by atoms with Crippen LogP contribution < -0.4 is 5.19 Å². The Labute approximate surface area is 125 Å². The van der Waals surface area contributed by atoms with Gasteiger partial charge in [-0.15, -0.1) is 11.6 Å². The van der Waals surface area contributed by atoms with Gasteiger partial charge in [0, 0.05) is 5.88 Å². The molecule has 0 bridgehead atoms. The molecule has 0 atom stereocenters. The molecule has 0 heterocycles. The van der Waals surface area contributed by atoms with Crippen molar-refractivity contribution < 1.29 is 13.2 Å². The van der Waals surface area contributed by atoms with Gasteiger partial charge in [0.05, 0.1) is 15.1 Å². The summed E-state index contributed by atoms with van der Waals surface area (Å²) < 4.78 is 38.3. The molecule has 0 aliphatic carbocycles. The molecule has 0 fully saturated rings. The second kappa shape index (κ2) is 9.24. The zero-order valence-electron chi connectivity index (χ0n) is 11.2. The monoisotopic (exact) mass is 318 g/mol. The Morgan fingerprint density at radius 1 is 1.05 bits per heavy atom. The molecule has 2 radical (unpaired) electrons. The van der Waals surface area contributed by atoms with Crippen LogP contribution in [-0.4, -0.2) is 15.4 Å². The van der Waals surface area contributed by atoms with E-state index in [1.165, 1.54) is 6.07 Å². The van der Waals surface area contributed by atoms with Gasteiger partial charge in [-0.1, -0.05) is 48.0 Å². The smallest absolute Gasteiger partial charge is 0.166 e. The summed E-state index contributed by atoms with van der Waals surface area (Å²) in [5, 5.41) is 0.395. The van der Waals surface area contributed by atoms with Gasteiger partial charge in [-0.05, 0) is 25.3 Å². The Hall–Kier alpha value is -0.743. The van der Waals surface area contributed by atoms with Crippen LogP contribution >= 0.6 is 11.6 Å². The molecule has 5 heteroatoms. The molecule has 0 saturated carbocycles. The Bertz CT molecular complexity index is 416. The predicted octanol–water partition coefficient (Wildman–Crippen LogP) is 4.81. The van der Waals surface area contributed by atoms with Crippen LogP contribution in [-0.2, 0) is 6.18 Å². The summed E-state index contributed by atoms with van der Waals surface area (Å²) >= 11 is 5.57. The van der Waals surface area contributed by atoms with E-state index < -0.39 is 11.7 Å². The fourth-order valence-electron chi connectivity index (χ4n) is 1.79. The van der Waals surface area contributed by atoms with Crippen LogP contribution in [0.5, 0.6) is 0 Å². The third-order valence-corrected chi connectivity index (χ3v) is 4.34. The Kier molecular flexibility index (Phi) is 8.00. The largest absolute Gasteiger partial charge is 0.416 e. The van der Waals surface area contributed by atoms with Gasteiger partial charge in [-0.25, -0.2) is 0 Å². The van der Waals surface area contributed by atoms with E-state index in [1.54, 1.807) is 12.1 Å². The van der Waals surface area contributed by atoms with Crippen LogP contribution in [0.25, 0.3) is 0 Å². The predicted molar refractivity (Wildman–Crippen MR) is 80.0 cm³/mol. The quantitative estimate of drug-likeness (QED) is 0.279. The van der Waals surface area contributed by atoms with E-state index in [9.17, 15) is 13.2 Å². The number of alkyl halides is 4. The van der Waals surface area contributed by atoms with Gasteiger partial charge in [-0.3, -0.25) is 0 Å². The molecule has 0 spiro atoms. The first kappa shape index (κ1) is 17.3. The molecule has 110 valence electrons. The number of hydrogen-bond acceptors (Lipinski definition) is 0. The van der Waals surface area contributed by atoms with Crippen molar-refractivity contribution in [1.29, 1.82) is 0 Å². The number of benzene rings is 1. The molecule has 0 N–H and O–H groups in total. The minimum absolute atomic E-state index is 0.161. The number of rotatable bonds is 8. The molecule has 0 aliphatic rings.